The minimum atomic E-state index is -0.125. The summed E-state index contributed by atoms with van der Waals surface area (Å²) < 4.78 is 0. The van der Waals surface area contributed by atoms with Crippen LogP contribution in [0.5, 0.6) is 0 Å². The first-order valence-electron chi connectivity index (χ1n) is 3.47. The van der Waals surface area contributed by atoms with Gasteiger partial charge in [0.1, 0.15) is 0 Å². The van der Waals surface area contributed by atoms with Gasteiger partial charge in [-0.15, -0.1) is 12.3 Å². The molecule has 0 amide bonds. The zero-order valence-corrected chi connectivity index (χ0v) is 5.51. The number of aliphatic hydroxyl groups excluding tert-OH is 1. The van der Waals surface area contributed by atoms with Crippen molar-refractivity contribution in [2.24, 2.45) is 5.92 Å². The summed E-state index contributed by atoms with van der Waals surface area (Å²) in [6, 6.07) is 0. The normalized spacial score (nSPS) is 35.6. The Balaban J connectivity index is 2.34. The molecule has 9 heavy (non-hydrogen) atoms. The van der Waals surface area contributed by atoms with Crippen LogP contribution in [-0.2, 0) is 0 Å². The first-order chi connectivity index (χ1) is 4.33. The van der Waals surface area contributed by atoms with Gasteiger partial charge in [0.05, 0.1) is 6.10 Å². The van der Waals surface area contributed by atoms with Crippen LogP contribution in [0.4, 0.5) is 0 Å². The van der Waals surface area contributed by atoms with E-state index in [0.717, 1.165) is 25.7 Å². The Morgan fingerprint density at radius 1 is 1.44 bits per heavy atom. The van der Waals surface area contributed by atoms with Gasteiger partial charge in [-0.1, -0.05) is 0 Å². The Kier molecular flexibility index (Phi) is 2.13. The van der Waals surface area contributed by atoms with Crippen molar-refractivity contribution in [1.29, 1.82) is 0 Å². The van der Waals surface area contributed by atoms with E-state index in [-0.39, 0.29) is 6.10 Å². The standard InChI is InChI=1S/C8H12O/c1-2-7-4-3-5-8(9)6-7/h1,7-9H,3-6H2/t7-,8-/m0/s1. The van der Waals surface area contributed by atoms with Gasteiger partial charge in [-0.2, -0.15) is 0 Å². The fourth-order valence-electron chi connectivity index (χ4n) is 1.32. The first-order valence-corrected chi connectivity index (χ1v) is 3.47. The minimum absolute atomic E-state index is 0.125. The average Bonchev–Trinajstić information content (AvgIpc) is 1.88. The van der Waals surface area contributed by atoms with Gasteiger partial charge in [0.25, 0.3) is 0 Å². The summed E-state index contributed by atoms with van der Waals surface area (Å²) in [5.74, 6) is 3.02. The molecule has 1 rings (SSSR count). The Morgan fingerprint density at radius 2 is 2.22 bits per heavy atom. The number of terminal acetylenes is 1. The minimum Gasteiger partial charge on any atom is -0.393 e. The molecule has 0 radical (unpaired) electrons. The van der Waals surface area contributed by atoms with Crippen molar-refractivity contribution in [2.45, 2.75) is 31.8 Å². The molecule has 0 saturated heterocycles. The summed E-state index contributed by atoms with van der Waals surface area (Å²) >= 11 is 0. The SMILES string of the molecule is C#C[C@H]1CCC[C@H](O)C1. The summed E-state index contributed by atoms with van der Waals surface area (Å²) in [7, 11) is 0. The van der Waals surface area contributed by atoms with Gasteiger partial charge in [0.15, 0.2) is 0 Å². The second-order valence-corrected chi connectivity index (χ2v) is 2.68. The highest BCUT2D eigenvalue weighted by molar-refractivity contribution is 4.95. The summed E-state index contributed by atoms with van der Waals surface area (Å²) in [5, 5.41) is 9.12. The van der Waals surface area contributed by atoms with Crippen LogP contribution in [0.2, 0.25) is 0 Å². The zero-order valence-electron chi connectivity index (χ0n) is 5.51. The van der Waals surface area contributed by atoms with Gasteiger partial charge in [-0.3, -0.25) is 0 Å². The van der Waals surface area contributed by atoms with E-state index in [2.05, 4.69) is 5.92 Å². The Morgan fingerprint density at radius 3 is 2.67 bits per heavy atom. The molecular formula is C8H12O. The van der Waals surface area contributed by atoms with Crippen molar-refractivity contribution < 1.29 is 5.11 Å². The molecular weight excluding hydrogens is 112 g/mol. The lowest BCUT2D eigenvalue weighted by atomic mass is 9.88. The van der Waals surface area contributed by atoms with Gasteiger partial charge in [-0.25, -0.2) is 0 Å². The predicted molar refractivity (Wildman–Crippen MR) is 36.8 cm³/mol. The molecule has 0 aliphatic heterocycles. The summed E-state index contributed by atoms with van der Waals surface area (Å²) in [5.41, 5.74) is 0. The summed E-state index contributed by atoms with van der Waals surface area (Å²) in [6.07, 6.45) is 9.04. The Bertz CT molecular complexity index is 123. The molecule has 1 saturated carbocycles. The molecule has 0 heterocycles. The van der Waals surface area contributed by atoms with E-state index >= 15 is 0 Å². The highest BCUT2D eigenvalue weighted by Crippen LogP contribution is 2.22. The highest BCUT2D eigenvalue weighted by atomic mass is 16.3. The Hall–Kier alpha value is -0.480. The molecule has 0 unspecified atom stereocenters. The van der Waals surface area contributed by atoms with Gasteiger partial charge >= 0.3 is 0 Å². The van der Waals surface area contributed by atoms with Crippen molar-refractivity contribution >= 4 is 0 Å². The lowest BCUT2D eigenvalue weighted by Crippen LogP contribution is -2.17. The second kappa shape index (κ2) is 2.89. The molecule has 50 valence electrons. The molecule has 1 fully saturated rings. The molecule has 0 aromatic heterocycles. The molecule has 2 atom stereocenters. The molecule has 1 aliphatic carbocycles. The maximum Gasteiger partial charge on any atom is 0.0552 e. The van der Waals surface area contributed by atoms with E-state index in [0.29, 0.717) is 5.92 Å². The van der Waals surface area contributed by atoms with Crippen LogP contribution < -0.4 is 0 Å². The van der Waals surface area contributed by atoms with E-state index in [1.807, 2.05) is 0 Å². The van der Waals surface area contributed by atoms with Crippen LogP contribution in [0.25, 0.3) is 0 Å². The third kappa shape index (κ3) is 1.73. The monoisotopic (exact) mass is 124 g/mol. The maximum absolute atomic E-state index is 9.12. The second-order valence-electron chi connectivity index (χ2n) is 2.68. The van der Waals surface area contributed by atoms with Gasteiger partial charge in [0, 0.05) is 5.92 Å². The van der Waals surface area contributed by atoms with Crippen LogP contribution in [0.1, 0.15) is 25.7 Å². The van der Waals surface area contributed by atoms with Crippen molar-refractivity contribution in [3.8, 4) is 12.3 Å². The molecule has 0 spiro atoms. The average molecular weight is 124 g/mol. The maximum atomic E-state index is 9.12. The zero-order chi connectivity index (χ0) is 6.69. The van der Waals surface area contributed by atoms with Crippen LogP contribution in [-0.4, -0.2) is 11.2 Å². The van der Waals surface area contributed by atoms with E-state index in [1.165, 1.54) is 0 Å². The van der Waals surface area contributed by atoms with E-state index < -0.39 is 0 Å². The smallest absolute Gasteiger partial charge is 0.0552 e. The molecule has 1 nitrogen and oxygen atoms in total. The third-order valence-electron chi connectivity index (χ3n) is 1.88. The van der Waals surface area contributed by atoms with Crippen molar-refractivity contribution in [1.82, 2.24) is 0 Å². The van der Waals surface area contributed by atoms with E-state index in [4.69, 9.17) is 11.5 Å². The van der Waals surface area contributed by atoms with Crippen LogP contribution in [0, 0.1) is 18.3 Å². The summed E-state index contributed by atoms with van der Waals surface area (Å²) in [6.45, 7) is 0. The lowest BCUT2D eigenvalue weighted by molar-refractivity contribution is 0.115. The van der Waals surface area contributed by atoms with E-state index in [9.17, 15) is 0 Å². The quantitative estimate of drug-likeness (QED) is 0.481. The molecule has 0 bridgehead atoms. The number of hydrogen-bond donors (Lipinski definition) is 1. The molecule has 1 N–H and O–H groups in total. The van der Waals surface area contributed by atoms with Crippen molar-refractivity contribution in [3.05, 3.63) is 0 Å². The van der Waals surface area contributed by atoms with Gasteiger partial charge < -0.3 is 5.11 Å². The Labute approximate surface area is 56.1 Å². The first kappa shape index (κ1) is 6.64. The molecule has 0 aromatic carbocycles. The molecule has 1 heteroatoms. The number of hydrogen-bond acceptors (Lipinski definition) is 1. The van der Waals surface area contributed by atoms with Gasteiger partial charge in [0.2, 0.25) is 0 Å². The number of aliphatic hydroxyl groups is 1. The largest absolute Gasteiger partial charge is 0.393 e. The molecule has 0 aromatic rings. The molecule has 1 aliphatic rings. The van der Waals surface area contributed by atoms with Crippen molar-refractivity contribution in [3.63, 3.8) is 0 Å². The van der Waals surface area contributed by atoms with Gasteiger partial charge in [-0.05, 0) is 25.7 Å². The fraction of sp³-hybridized carbons (Fsp3) is 0.750. The van der Waals surface area contributed by atoms with Crippen LogP contribution in [0.3, 0.4) is 0 Å². The summed E-state index contributed by atoms with van der Waals surface area (Å²) in [4.78, 5) is 0. The third-order valence-corrected chi connectivity index (χ3v) is 1.88. The van der Waals surface area contributed by atoms with Crippen LogP contribution >= 0.6 is 0 Å². The predicted octanol–water partition coefficient (Wildman–Crippen LogP) is 1.17. The van der Waals surface area contributed by atoms with Crippen LogP contribution in [0.15, 0.2) is 0 Å². The lowest BCUT2D eigenvalue weighted by Gasteiger charge is -2.21. The number of rotatable bonds is 0. The fourth-order valence-corrected chi connectivity index (χ4v) is 1.32. The van der Waals surface area contributed by atoms with Crippen molar-refractivity contribution in [2.75, 3.05) is 0 Å². The highest BCUT2D eigenvalue weighted by Gasteiger charge is 2.17. The topological polar surface area (TPSA) is 20.2 Å². The van der Waals surface area contributed by atoms with E-state index in [1.54, 1.807) is 0 Å².